The van der Waals surface area contributed by atoms with Gasteiger partial charge in [-0.2, -0.15) is 0 Å². The summed E-state index contributed by atoms with van der Waals surface area (Å²) in [6, 6.07) is 35.4. The van der Waals surface area contributed by atoms with Gasteiger partial charge in [-0.05, 0) is 41.7 Å². The molecule has 1 aliphatic rings. The topological polar surface area (TPSA) is 143 Å². The predicted octanol–water partition coefficient (Wildman–Crippen LogP) is 8.62. The number of anilines is 1. The summed E-state index contributed by atoms with van der Waals surface area (Å²) in [5.41, 5.74) is 7.82. The molecule has 1 fully saturated rings. The third kappa shape index (κ3) is 10.2. The van der Waals surface area contributed by atoms with Gasteiger partial charge in [0.25, 0.3) is 5.22 Å². The Bertz CT molecular complexity index is 1810. The van der Waals surface area contributed by atoms with Crippen LogP contribution in [0.25, 0.3) is 22.6 Å². The lowest BCUT2D eigenvalue weighted by Crippen LogP contribution is -2.31. The Morgan fingerprint density at radius 3 is 1.90 bits per heavy atom. The molecule has 4 N–H and O–H groups in total. The van der Waals surface area contributed by atoms with Crippen molar-refractivity contribution in [3.63, 3.8) is 0 Å². The van der Waals surface area contributed by atoms with E-state index in [1.54, 1.807) is 5.48 Å². The van der Waals surface area contributed by atoms with Crippen molar-refractivity contribution in [2.24, 2.45) is 0 Å². The molecule has 1 aliphatic heterocycles. The molecule has 0 spiro atoms. The first-order valence-corrected chi connectivity index (χ1v) is 18.6. The zero-order valence-corrected chi connectivity index (χ0v) is 29.6. The summed E-state index contributed by atoms with van der Waals surface area (Å²) in [5, 5.41) is 21.6. The first-order valence-electron chi connectivity index (χ1n) is 17.6. The second kappa shape index (κ2) is 18.6. The summed E-state index contributed by atoms with van der Waals surface area (Å²) < 4.78 is 19.4. The molecule has 1 aromatic heterocycles. The highest BCUT2D eigenvalue weighted by atomic mass is 32.2. The van der Waals surface area contributed by atoms with E-state index in [0.29, 0.717) is 41.7 Å². The Balaban J connectivity index is 1.12. The number of thioether (sulfide) groups is 1. The van der Waals surface area contributed by atoms with E-state index in [0.717, 1.165) is 52.8 Å². The number of ether oxygens (including phenoxy) is 2. The maximum Gasteiger partial charge on any atom is 0.256 e. The number of hydrogen-bond donors (Lipinski definition) is 4. The lowest BCUT2D eigenvalue weighted by atomic mass is 9.96. The van der Waals surface area contributed by atoms with Gasteiger partial charge < -0.3 is 24.3 Å². The van der Waals surface area contributed by atoms with Crippen molar-refractivity contribution in [3.8, 4) is 22.6 Å². The van der Waals surface area contributed by atoms with E-state index in [-0.39, 0.29) is 31.1 Å². The van der Waals surface area contributed by atoms with Gasteiger partial charge in [-0.3, -0.25) is 14.8 Å². The van der Waals surface area contributed by atoms with Gasteiger partial charge in [0.2, 0.25) is 11.8 Å². The van der Waals surface area contributed by atoms with E-state index in [1.165, 1.54) is 11.8 Å². The molecule has 6 rings (SSSR count). The normalized spacial score (nSPS) is 17.1. The van der Waals surface area contributed by atoms with Gasteiger partial charge in [-0.15, -0.1) is 0 Å². The number of unbranched alkanes of at least 4 members (excludes halogenated alkanes) is 3. The number of nitrogens with zero attached hydrogens (tertiary/aromatic N) is 1. The Hall–Kier alpha value is -4.78. The third-order valence-corrected chi connectivity index (χ3v) is 9.74. The van der Waals surface area contributed by atoms with Gasteiger partial charge >= 0.3 is 0 Å². The first-order chi connectivity index (χ1) is 25.5. The molecule has 0 radical (unpaired) electrons. The Labute approximate surface area is 307 Å². The molecule has 0 aliphatic carbocycles. The summed E-state index contributed by atoms with van der Waals surface area (Å²) in [6.45, 7) is -0.0305. The highest BCUT2D eigenvalue weighted by Gasteiger charge is 2.33. The highest BCUT2D eigenvalue weighted by Crippen LogP contribution is 2.41. The minimum atomic E-state index is -0.573. The number of aliphatic hydroxyl groups is 1. The van der Waals surface area contributed by atoms with Gasteiger partial charge in [0.1, 0.15) is 5.69 Å². The number of benzene rings is 4. The average Bonchev–Trinajstić information content (AvgIpc) is 3.63. The van der Waals surface area contributed by atoms with Crippen LogP contribution in [0.1, 0.15) is 73.8 Å². The molecule has 5 aromatic rings. The summed E-state index contributed by atoms with van der Waals surface area (Å²) in [7, 11) is 0. The largest absolute Gasteiger partial charge is 0.431 e. The van der Waals surface area contributed by atoms with Crippen LogP contribution in [0, 0.1) is 0 Å². The Kier molecular flexibility index (Phi) is 13.3. The van der Waals surface area contributed by atoms with Crippen LogP contribution in [-0.4, -0.2) is 39.2 Å². The van der Waals surface area contributed by atoms with E-state index in [1.807, 2.05) is 109 Å². The SMILES string of the molecule is O=C(CCCCCCC(=O)Nc1ccc(C2CC(c3ccc(CO)cc3)OC(CSc3nc(-c4ccccc4)c(-c4ccccc4)o3)O2)cc1)NO. The Morgan fingerprint density at radius 2 is 1.31 bits per heavy atom. The van der Waals surface area contributed by atoms with E-state index >= 15 is 0 Å². The number of nitrogens with one attached hydrogen (secondary N) is 2. The molecule has 11 heteroatoms. The number of aromatic nitrogens is 1. The van der Waals surface area contributed by atoms with Crippen LogP contribution in [0.15, 0.2) is 119 Å². The highest BCUT2D eigenvalue weighted by molar-refractivity contribution is 7.99. The smallest absolute Gasteiger partial charge is 0.256 e. The van der Waals surface area contributed by atoms with Gasteiger partial charge in [0.05, 0.1) is 24.6 Å². The second-order valence-electron chi connectivity index (χ2n) is 12.6. The molecule has 270 valence electrons. The van der Waals surface area contributed by atoms with Crippen LogP contribution in [0.5, 0.6) is 0 Å². The molecule has 0 saturated carbocycles. The third-order valence-electron chi connectivity index (χ3n) is 8.88. The quantitative estimate of drug-likeness (QED) is 0.0341. The number of carbonyl (C=O) groups excluding carboxylic acids is 2. The molecular formula is C41H43N3O7S. The van der Waals surface area contributed by atoms with Crippen molar-refractivity contribution in [1.29, 1.82) is 0 Å². The maximum atomic E-state index is 12.6. The predicted molar refractivity (Wildman–Crippen MR) is 199 cm³/mol. The summed E-state index contributed by atoms with van der Waals surface area (Å²) in [4.78, 5) is 28.6. The van der Waals surface area contributed by atoms with Gasteiger partial charge in [0, 0.05) is 36.1 Å². The number of hydroxylamine groups is 1. The average molecular weight is 722 g/mol. The number of oxazole rings is 1. The minimum absolute atomic E-state index is 0.0305. The van der Waals surface area contributed by atoms with Crippen molar-refractivity contribution in [2.45, 2.75) is 75.3 Å². The van der Waals surface area contributed by atoms with Gasteiger partial charge in [0.15, 0.2) is 12.1 Å². The maximum absolute atomic E-state index is 12.6. The van der Waals surface area contributed by atoms with Crippen molar-refractivity contribution in [2.75, 3.05) is 11.1 Å². The summed E-state index contributed by atoms with van der Waals surface area (Å²) in [6.07, 6.45) is 3.17. The minimum Gasteiger partial charge on any atom is -0.431 e. The lowest BCUT2D eigenvalue weighted by molar-refractivity contribution is -0.236. The van der Waals surface area contributed by atoms with Crippen LogP contribution in [0.3, 0.4) is 0 Å². The lowest BCUT2D eigenvalue weighted by Gasteiger charge is -2.36. The van der Waals surface area contributed by atoms with Gasteiger partial charge in [-0.1, -0.05) is 122 Å². The van der Waals surface area contributed by atoms with Crippen molar-refractivity contribution in [3.05, 3.63) is 126 Å². The van der Waals surface area contributed by atoms with Crippen LogP contribution in [-0.2, 0) is 25.7 Å². The van der Waals surface area contributed by atoms with E-state index in [2.05, 4.69) is 5.32 Å². The second-order valence-corrected chi connectivity index (χ2v) is 13.6. The van der Waals surface area contributed by atoms with Crippen molar-refractivity contribution in [1.82, 2.24) is 10.5 Å². The molecule has 3 atom stereocenters. The van der Waals surface area contributed by atoms with Crippen molar-refractivity contribution >= 4 is 29.3 Å². The first kappa shape index (κ1) is 37.0. The molecule has 4 aromatic carbocycles. The van der Waals surface area contributed by atoms with Crippen LogP contribution in [0.2, 0.25) is 0 Å². The van der Waals surface area contributed by atoms with Crippen LogP contribution in [0.4, 0.5) is 5.69 Å². The van der Waals surface area contributed by atoms with E-state index in [4.69, 9.17) is 24.1 Å². The molecule has 0 bridgehead atoms. The molecule has 52 heavy (non-hydrogen) atoms. The van der Waals surface area contributed by atoms with E-state index < -0.39 is 12.2 Å². The van der Waals surface area contributed by atoms with Gasteiger partial charge in [-0.25, -0.2) is 10.5 Å². The van der Waals surface area contributed by atoms with E-state index in [9.17, 15) is 14.7 Å². The zero-order chi connectivity index (χ0) is 36.1. The number of hydrogen-bond acceptors (Lipinski definition) is 9. The fourth-order valence-corrected chi connectivity index (χ4v) is 6.85. The molecule has 2 heterocycles. The fourth-order valence-electron chi connectivity index (χ4n) is 6.11. The summed E-state index contributed by atoms with van der Waals surface area (Å²) >= 11 is 1.44. The standard InChI is InChI=1S/C41H43N3O7S/c45-26-28-17-19-29(20-18-28)34-25-35(30-21-23-33(24-22-30)42-36(46)15-9-1-2-10-16-37(47)44-48)50-38(49-34)27-52-41-43-39(31-11-5-3-6-12-31)40(51-41)32-13-7-4-8-14-32/h3-8,11-14,17-24,34-35,38,45,48H,1-2,9-10,15-16,25-27H2,(H,42,46)(H,44,47). The van der Waals surface area contributed by atoms with Crippen LogP contribution >= 0.6 is 11.8 Å². The molecule has 10 nitrogen and oxygen atoms in total. The number of rotatable bonds is 16. The fraction of sp³-hybridized carbons (Fsp3) is 0.293. The molecule has 2 amide bonds. The van der Waals surface area contributed by atoms with Crippen molar-refractivity contribution < 1.29 is 33.8 Å². The number of carbonyl (C=O) groups is 2. The zero-order valence-electron chi connectivity index (χ0n) is 28.8. The number of aliphatic hydroxyl groups excluding tert-OH is 1. The number of amides is 2. The monoisotopic (exact) mass is 721 g/mol. The molecule has 3 unspecified atom stereocenters. The Morgan fingerprint density at radius 1 is 0.731 bits per heavy atom. The van der Waals surface area contributed by atoms with Crippen LogP contribution < -0.4 is 10.8 Å². The molecular weight excluding hydrogens is 679 g/mol. The molecule has 1 saturated heterocycles. The summed E-state index contributed by atoms with van der Waals surface area (Å²) in [5.74, 6) is 0.684.